The van der Waals surface area contributed by atoms with E-state index in [1.807, 2.05) is 27.7 Å². The normalized spacial score (nSPS) is 17.7. The Balaban J connectivity index is 4.69. The minimum absolute atomic E-state index is 0.228. The molecule has 0 unspecified atom stereocenters. The number of hydrogen-bond acceptors (Lipinski definition) is 2. The van der Waals surface area contributed by atoms with Gasteiger partial charge in [0.1, 0.15) is 11.0 Å². The Hall–Kier alpha value is -0.380. The molecule has 0 aromatic carbocycles. The molecule has 0 aromatic heterocycles. The van der Waals surface area contributed by atoms with Gasteiger partial charge in [-0.05, 0) is 27.2 Å². The van der Waals surface area contributed by atoms with E-state index in [1.165, 1.54) is 0 Å². The lowest BCUT2D eigenvalue weighted by Gasteiger charge is -2.16. The Morgan fingerprint density at radius 1 is 1.50 bits per heavy atom. The fourth-order valence-corrected chi connectivity index (χ4v) is 1.41. The van der Waals surface area contributed by atoms with Crippen LogP contribution in [0, 0.1) is 5.92 Å². The van der Waals surface area contributed by atoms with Crippen LogP contribution < -0.4 is 0 Å². The minimum atomic E-state index is -1.23. The first-order chi connectivity index (χ1) is 6.32. The predicted octanol–water partition coefficient (Wildman–Crippen LogP) is 2.54. The zero-order chi connectivity index (χ0) is 11.4. The van der Waals surface area contributed by atoms with Gasteiger partial charge in [-0.15, -0.1) is 0 Å². The highest BCUT2D eigenvalue weighted by molar-refractivity contribution is 7.85. The van der Waals surface area contributed by atoms with Crippen LogP contribution in [-0.4, -0.2) is 22.0 Å². The summed E-state index contributed by atoms with van der Waals surface area (Å²) in [6.07, 6.45) is 0.939. The maximum Gasteiger partial charge on any atom is 0.200 e. The predicted molar refractivity (Wildman–Crippen MR) is 61.8 cm³/mol. The van der Waals surface area contributed by atoms with Gasteiger partial charge in [-0.3, -0.25) is 0 Å². The highest BCUT2D eigenvalue weighted by Gasteiger charge is 2.21. The van der Waals surface area contributed by atoms with Crippen LogP contribution in [0.3, 0.4) is 0 Å². The maximum absolute atomic E-state index is 11.7. The summed E-state index contributed by atoms with van der Waals surface area (Å²) in [5.74, 6) is 0.812. The van der Waals surface area contributed by atoms with Crippen molar-refractivity contribution < 1.29 is 8.95 Å². The van der Waals surface area contributed by atoms with Gasteiger partial charge in [0.05, 0.1) is 11.9 Å². The minimum Gasteiger partial charge on any atom is -0.483 e. The summed E-state index contributed by atoms with van der Waals surface area (Å²) >= 11 is 0. The molecule has 3 nitrogen and oxygen atoms in total. The summed E-state index contributed by atoms with van der Waals surface area (Å²) < 4.78 is 20.6. The molecule has 0 saturated heterocycles. The first-order valence-electron chi connectivity index (χ1n) is 4.87. The van der Waals surface area contributed by atoms with Gasteiger partial charge in [0.2, 0.25) is 0 Å². The molecule has 0 aliphatic rings. The van der Waals surface area contributed by atoms with Crippen molar-refractivity contribution in [2.24, 2.45) is 10.3 Å². The molecule has 0 amide bonds. The van der Waals surface area contributed by atoms with Crippen LogP contribution in [0.5, 0.6) is 0 Å². The van der Waals surface area contributed by atoms with Gasteiger partial charge < -0.3 is 4.74 Å². The lowest BCUT2D eigenvalue weighted by atomic mass is 10.1. The topological polar surface area (TPSA) is 38.7 Å². The van der Waals surface area contributed by atoms with Crippen LogP contribution >= 0.6 is 0 Å². The number of rotatable bonds is 3. The van der Waals surface area contributed by atoms with Gasteiger partial charge in [-0.1, -0.05) is 13.8 Å². The van der Waals surface area contributed by atoms with Crippen LogP contribution in [-0.2, 0) is 15.7 Å². The summed E-state index contributed by atoms with van der Waals surface area (Å²) in [6, 6.07) is 0. The van der Waals surface area contributed by atoms with Crippen molar-refractivity contribution in [2.75, 3.05) is 7.11 Å². The largest absolute Gasteiger partial charge is 0.483 e. The first kappa shape index (κ1) is 13.6. The standard InChI is InChI=1S/C10H21NO2S/c1-7-8(2)9(13-6)11-14(12)10(3,4)5/h8H,7H2,1-6H3/b11-9-/t8-,14-/m1/s1. The molecule has 0 saturated carbocycles. The van der Waals surface area contributed by atoms with Crippen molar-refractivity contribution in [3.63, 3.8) is 0 Å². The van der Waals surface area contributed by atoms with E-state index < -0.39 is 11.0 Å². The summed E-state index contributed by atoms with van der Waals surface area (Å²) in [7, 11) is 0.348. The van der Waals surface area contributed by atoms with E-state index in [0.717, 1.165) is 6.42 Å². The van der Waals surface area contributed by atoms with Crippen LogP contribution in [0.15, 0.2) is 4.40 Å². The summed E-state index contributed by atoms with van der Waals surface area (Å²) in [5.41, 5.74) is 0. The molecule has 0 fully saturated rings. The highest BCUT2D eigenvalue weighted by atomic mass is 32.2. The number of methoxy groups -OCH3 is 1. The van der Waals surface area contributed by atoms with Crippen LogP contribution in [0.1, 0.15) is 41.0 Å². The molecule has 14 heavy (non-hydrogen) atoms. The van der Waals surface area contributed by atoms with Crippen molar-refractivity contribution in [1.29, 1.82) is 0 Å². The molecule has 84 valence electrons. The van der Waals surface area contributed by atoms with Gasteiger partial charge in [-0.2, -0.15) is 4.40 Å². The number of nitrogens with zero attached hydrogens (tertiary/aromatic N) is 1. The van der Waals surface area contributed by atoms with Crippen LogP contribution in [0.25, 0.3) is 0 Å². The Morgan fingerprint density at radius 3 is 2.29 bits per heavy atom. The van der Waals surface area contributed by atoms with Crippen molar-refractivity contribution in [3.05, 3.63) is 0 Å². The van der Waals surface area contributed by atoms with E-state index in [1.54, 1.807) is 7.11 Å². The third-order valence-electron chi connectivity index (χ3n) is 1.94. The second-order valence-corrected chi connectivity index (χ2v) is 6.21. The maximum atomic E-state index is 11.7. The lowest BCUT2D eigenvalue weighted by molar-refractivity contribution is 0.369. The third-order valence-corrected chi connectivity index (χ3v) is 3.33. The van der Waals surface area contributed by atoms with E-state index in [9.17, 15) is 4.21 Å². The van der Waals surface area contributed by atoms with Crippen molar-refractivity contribution in [2.45, 2.75) is 45.8 Å². The summed E-state index contributed by atoms with van der Waals surface area (Å²) in [6.45, 7) is 9.77. The second-order valence-electron chi connectivity index (χ2n) is 4.30. The van der Waals surface area contributed by atoms with Gasteiger partial charge in [0.15, 0.2) is 5.90 Å². The highest BCUT2D eigenvalue weighted by Crippen LogP contribution is 2.15. The molecule has 2 atom stereocenters. The second kappa shape index (κ2) is 5.49. The quantitative estimate of drug-likeness (QED) is 0.540. The smallest absolute Gasteiger partial charge is 0.200 e. The molecule has 0 radical (unpaired) electrons. The van der Waals surface area contributed by atoms with Crippen molar-refractivity contribution in [3.8, 4) is 0 Å². The van der Waals surface area contributed by atoms with Crippen molar-refractivity contribution >= 4 is 16.9 Å². The fraction of sp³-hybridized carbons (Fsp3) is 0.900. The zero-order valence-corrected chi connectivity index (χ0v) is 10.8. The van der Waals surface area contributed by atoms with Gasteiger partial charge in [-0.25, -0.2) is 4.21 Å². The third kappa shape index (κ3) is 4.22. The van der Waals surface area contributed by atoms with E-state index in [-0.39, 0.29) is 10.7 Å². The fourth-order valence-electron chi connectivity index (χ4n) is 0.722. The van der Waals surface area contributed by atoms with E-state index >= 15 is 0 Å². The number of ether oxygens (including phenoxy) is 1. The summed E-state index contributed by atoms with van der Waals surface area (Å²) in [5, 5.41) is 0. The van der Waals surface area contributed by atoms with Gasteiger partial charge >= 0.3 is 0 Å². The zero-order valence-electron chi connectivity index (χ0n) is 9.96. The van der Waals surface area contributed by atoms with Crippen LogP contribution in [0.4, 0.5) is 0 Å². The Kier molecular flexibility index (Phi) is 5.34. The Labute approximate surface area is 89.5 Å². The summed E-state index contributed by atoms with van der Waals surface area (Å²) in [4.78, 5) is 0. The average molecular weight is 219 g/mol. The number of hydrogen-bond donors (Lipinski definition) is 0. The van der Waals surface area contributed by atoms with Crippen molar-refractivity contribution in [1.82, 2.24) is 0 Å². The molecule has 0 heterocycles. The Morgan fingerprint density at radius 2 is 2.00 bits per heavy atom. The molecule has 0 rings (SSSR count). The SMILES string of the molecule is CC[C@@H](C)/C(=N/[S@](=O)C(C)(C)C)OC. The van der Waals surface area contributed by atoms with E-state index in [2.05, 4.69) is 11.3 Å². The molecule has 0 aliphatic heterocycles. The molecular weight excluding hydrogens is 198 g/mol. The monoisotopic (exact) mass is 219 g/mol. The molecule has 0 N–H and O–H groups in total. The molecule has 0 aromatic rings. The lowest BCUT2D eigenvalue weighted by Crippen LogP contribution is -2.23. The van der Waals surface area contributed by atoms with Crippen LogP contribution in [0.2, 0.25) is 0 Å². The molecule has 4 heteroatoms. The average Bonchev–Trinajstić information content (AvgIpc) is 2.10. The van der Waals surface area contributed by atoms with Gasteiger partial charge in [0.25, 0.3) is 0 Å². The molecule has 0 bridgehead atoms. The first-order valence-corrected chi connectivity index (χ1v) is 5.98. The van der Waals surface area contributed by atoms with Gasteiger partial charge in [0, 0.05) is 5.92 Å². The molecule has 0 aliphatic carbocycles. The Bertz CT molecular complexity index is 231. The molecular formula is C10H21NO2S. The van der Waals surface area contributed by atoms with E-state index in [0.29, 0.717) is 5.90 Å². The van der Waals surface area contributed by atoms with E-state index in [4.69, 9.17) is 4.74 Å². The molecule has 0 spiro atoms.